The number of aryl methyl sites for hydroxylation is 1. The van der Waals surface area contributed by atoms with Crippen molar-refractivity contribution in [2.45, 2.75) is 57.4 Å². The molecule has 1 aromatic carbocycles. The molecule has 6 heteroatoms. The van der Waals surface area contributed by atoms with Crippen LogP contribution in [0, 0.1) is 6.92 Å². The average Bonchev–Trinajstić information content (AvgIpc) is 3.20. The monoisotopic (exact) mass is 398 g/mol. The van der Waals surface area contributed by atoms with Gasteiger partial charge in [-0.3, -0.25) is 9.69 Å². The topological polar surface area (TPSA) is 58.1 Å². The molecule has 1 amide bonds. The van der Waals surface area contributed by atoms with Crippen LogP contribution in [0.3, 0.4) is 0 Å². The zero-order valence-electron chi connectivity index (χ0n) is 16.3. The van der Waals surface area contributed by atoms with E-state index in [0.717, 1.165) is 37.1 Å². The first kappa shape index (κ1) is 19.3. The Morgan fingerprint density at radius 2 is 1.89 bits per heavy atom. The summed E-state index contributed by atoms with van der Waals surface area (Å²) in [7, 11) is 0. The molecule has 1 aliphatic heterocycles. The van der Waals surface area contributed by atoms with Crippen LogP contribution in [-0.4, -0.2) is 39.9 Å². The fourth-order valence-corrected chi connectivity index (χ4v) is 4.54. The fraction of sp³-hybridized carbons (Fsp3) is 0.500. The SMILES string of the molecule is Cc1nc([C@H]2CCN(C3CCCCC3)C2)ncc1C(=O)Nc1ccc(Cl)cc1. The quantitative estimate of drug-likeness (QED) is 0.802. The van der Waals surface area contributed by atoms with Gasteiger partial charge in [-0.2, -0.15) is 0 Å². The lowest BCUT2D eigenvalue weighted by Crippen LogP contribution is -2.34. The van der Waals surface area contributed by atoms with Crippen molar-refractivity contribution in [3.63, 3.8) is 0 Å². The summed E-state index contributed by atoms with van der Waals surface area (Å²) in [5.74, 6) is 1.05. The molecule has 0 unspecified atom stereocenters. The molecule has 1 N–H and O–H groups in total. The van der Waals surface area contributed by atoms with E-state index < -0.39 is 0 Å². The van der Waals surface area contributed by atoms with E-state index in [-0.39, 0.29) is 5.91 Å². The maximum Gasteiger partial charge on any atom is 0.259 e. The molecule has 1 saturated carbocycles. The summed E-state index contributed by atoms with van der Waals surface area (Å²) in [6.45, 7) is 4.06. The van der Waals surface area contributed by atoms with Gasteiger partial charge >= 0.3 is 0 Å². The van der Waals surface area contributed by atoms with Gasteiger partial charge in [0.1, 0.15) is 5.82 Å². The first-order valence-corrected chi connectivity index (χ1v) is 10.6. The number of nitrogens with one attached hydrogen (secondary N) is 1. The van der Waals surface area contributed by atoms with E-state index in [2.05, 4.69) is 15.2 Å². The van der Waals surface area contributed by atoms with Crippen molar-refractivity contribution < 1.29 is 4.79 Å². The molecule has 5 nitrogen and oxygen atoms in total. The molecule has 0 bridgehead atoms. The molecule has 2 fully saturated rings. The second-order valence-electron chi connectivity index (χ2n) is 7.96. The summed E-state index contributed by atoms with van der Waals surface area (Å²) in [5, 5.41) is 3.52. The van der Waals surface area contributed by atoms with Gasteiger partial charge in [0.15, 0.2) is 0 Å². The lowest BCUT2D eigenvalue weighted by Gasteiger charge is -2.30. The molecular weight excluding hydrogens is 372 g/mol. The number of benzene rings is 1. The van der Waals surface area contributed by atoms with E-state index in [1.54, 1.807) is 30.5 Å². The predicted molar refractivity (Wildman–Crippen MR) is 112 cm³/mol. The van der Waals surface area contributed by atoms with Crippen LogP contribution in [0.25, 0.3) is 0 Å². The van der Waals surface area contributed by atoms with Crippen molar-refractivity contribution in [1.29, 1.82) is 0 Å². The van der Waals surface area contributed by atoms with E-state index in [9.17, 15) is 4.79 Å². The molecule has 0 radical (unpaired) electrons. The molecule has 0 spiro atoms. The van der Waals surface area contributed by atoms with Crippen molar-refractivity contribution >= 4 is 23.2 Å². The number of carbonyl (C=O) groups excluding carboxylic acids is 1. The van der Waals surface area contributed by atoms with Crippen molar-refractivity contribution in [3.05, 3.63) is 52.6 Å². The van der Waals surface area contributed by atoms with Crippen LogP contribution >= 0.6 is 11.6 Å². The number of rotatable bonds is 4. The van der Waals surface area contributed by atoms with Crippen LogP contribution in [0.1, 0.15) is 66.3 Å². The van der Waals surface area contributed by atoms with E-state index >= 15 is 0 Å². The first-order chi connectivity index (χ1) is 13.6. The minimum Gasteiger partial charge on any atom is -0.322 e. The third-order valence-electron chi connectivity index (χ3n) is 6.02. The zero-order valence-corrected chi connectivity index (χ0v) is 17.1. The van der Waals surface area contributed by atoms with Gasteiger partial charge in [-0.25, -0.2) is 9.97 Å². The second kappa shape index (κ2) is 8.58. The van der Waals surface area contributed by atoms with Gasteiger partial charge in [-0.15, -0.1) is 0 Å². The number of hydrogen-bond acceptors (Lipinski definition) is 4. The lowest BCUT2D eigenvalue weighted by molar-refractivity contribution is 0.102. The minimum atomic E-state index is -0.193. The highest BCUT2D eigenvalue weighted by molar-refractivity contribution is 6.30. The Kier molecular flexibility index (Phi) is 5.93. The number of aromatic nitrogens is 2. The van der Waals surface area contributed by atoms with Crippen LogP contribution < -0.4 is 5.32 Å². The number of amides is 1. The normalized spacial score (nSPS) is 21.0. The molecule has 1 saturated heterocycles. The number of carbonyl (C=O) groups is 1. The molecular formula is C22H27ClN4O. The molecule has 1 aromatic heterocycles. The molecule has 28 heavy (non-hydrogen) atoms. The summed E-state index contributed by atoms with van der Waals surface area (Å²) in [6, 6.07) is 7.81. The highest BCUT2D eigenvalue weighted by Crippen LogP contribution is 2.31. The van der Waals surface area contributed by atoms with E-state index in [1.807, 2.05) is 6.92 Å². The van der Waals surface area contributed by atoms with Gasteiger partial charge in [0.2, 0.25) is 0 Å². The smallest absolute Gasteiger partial charge is 0.259 e. The average molecular weight is 399 g/mol. The third-order valence-corrected chi connectivity index (χ3v) is 6.27. The highest BCUT2D eigenvalue weighted by atomic mass is 35.5. The van der Waals surface area contributed by atoms with Gasteiger partial charge in [-0.1, -0.05) is 30.9 Å². The Balaban J connectivity index is 1.41. The summed E-state index contributed by atoms with van der Waals surface area (Å²) < 4.78 is 0. The Bertz CT molecular complexity index is 833. The minimum absolute atomic E-state index is 0.193. The standard InChI is InChI=1S/C22H27ClN4O/c1-15-20(22(28)26-18-9-7-17(23)8-10-18)13-24-21(25-15)16-11-12-27(14-16)19-5-3-2-4-6-19/h7-10,13,16,19H,2-6,11-12,14H2,1H3,(H,26,28)/t16-/m0/s1. The number of halogens is 1. The molecule has 1 atom stereocenters. The fourth-order valence-electron chi connectivity index (χ4n) is 4.41. The van der Waals surface area contributed by atoms with E-state index in [4.69, 9.17) is 16.6 Å². The number of nitrogens with zero attached hydrogens (tertiary/aromatic N) is 3. The van der Waals surface area contributed by atoms with Gasteiger partial charge in [0.25, 0.3) is 5.91 Å². The van der Waals surface area contributed by atoms with Crippen LogP contribution in [0.2, 0.25) is 5.02 Å². The summed E-state index contributed by atoms with van der Waals surface area (Å²) in [6.07, 6.45) is 9.54. The van der Waals surface area contributed by atoms with Gasteiger partial charge in [-0.05, 0) is 57.0 Å². The Morgan fingerprint density at radius 3 is 2.61 bits per heavy atom. The summed E-state index contributed by atoms with van der Waals surface area (Å²) in [4.78, 5) is 24.5. The summed E-state index contributed by atoms with van der Waals surface area (Å²) in [5.41, 5.74) is 1.95. The maximum atomic E-state index is 12.6. The Hall–Kier alpha value is -1.98. The van der Waals surface area contributed by atoms with E-state index in [0.29, 0.717) is 22.2 Å². The lowest BCUT2D eigenvalue weighted by atomic mass is 9.94. The van der Waals surface area contributed by atoms with Crippen molar-refractivity contribution in [2.75, 3.05) is 18.4 Å². The number of likely N-dealkylation sites (tertiary alicyclic amines) is 1. The van der Waals surface area contributed by atoms with Crippen LogP contribution in [-0.2, 0) is 0 Å². The summed E-state index contributed by atoms with van der Waals surface area (Å²) >= 11 is 5.89. The van der Waals surface area contributed by atoms with Crippen molar-refractivity contribution in [2.24, 2.45) is 0 Å². The van der Waals surface area contributed by atoms with Crippen LogP contribution in [0.15, 0.2) is 30.5 Å². The first-order valence-electron chi connectivity index (χ1n) is 10.2. The molecule has 2 aromatic rings. The molecule has 2 aliphatic rings. The van der Waals surface area contributed by atoms with Gasteiger partial charge < -0.3 is 5.32 Å². The maximum absolute atomic E-state index is 12.6. The molecule has 148 valence electrons. The van der Waals surface area contributed by atoms with Gasteiger partial charge in [0, 0.05) is 35.4 Å². The predicted octanol–water partition coefficient (Wildman–Crippen LogP) is 4.81. The number of anilines is 1. The highest BCUT2D eigenvalue weighted by Gasteiger charge is 2.31. The van der Waals surface area contributed by atoms with Crippen LogP contribution in [0.4, 0.5) is 5.69 Å². The molecule has 4 rings (SSSR count). The van der Waals surface area contributed by atoms with Crippen LogP contribution in [0.5, 0.6) is 0 Å². The van der Waals surface area contributed by atoms with E-state index in [1.165, 1.54) is 32.1 Å². The molecule has 1 aliphatic carbocycles. The third kappa shape index (κ3) is 4.36. The second-order valence-corrected chi connectivity index (χ2v) is 8.40. The Labute approximate surface area is 171 Å². The van der Waals surface area contributed by atoms with Crippen molar-refractivity contribution in [3.8, 4) is 0 Å². The largest absolute Gasteiger partial charge is 0.322 e. The molecule has 2 heterocycles. The number of hydrogen-bond donors (Lipinski definition) is 1. The Morgan fingerprint density at radius 1 is 1.14 bits per heavy atom. The van der Waals surface area contributed by atoms with Gasteiger partial charge in [0.05, 0.1) is 11.3 Å². The zero-order chi connectivity index (χ0) is 19.5. The van der Waals surface area contributed by atoms with Crippen molar-refractivity contribution in [1.82, 2.24) is 14.9 Å².